The molecule has 24 heavy (non-hydrogen) atoms. The number of fused-ring (bicyclic) bond motifs is 3. The molecule has 0 aromatic heterocycles. The fraction of sp³-hybridized carbons (Fsp3) is 0.810. The summed E-state index contributed by atoms with van der Waals surface area (Å²) < 4.78 is 5.60. The topological polar surface area (TPSA) is 43.4 Å². The SMILES string of the molecule is CC(=O)O[C@@H](C)C1(C)CCC2C3CCC(=O)C=C3C[C@@H](C)C2C1C. The van der Waals surface area contributed by atoms with E-state index in [1.165, 1.54) is 18.9 Å². The van der Waals surface area contributed by atoms with Gasteiger partial charge in [-0.3, -0.25) is 9.59 Å². The second-order valence-corrected chi connectivity index (χ2v) is 8.84. The number of ketones is 1. The lowest BCUT2D eigenvalue weighted by molar-refractivity contribution is -0.162. The number of rotatable bonds is 2. The van der Waals surface area contributed by atoms with Crippen molar-refractivity contribution in [1.82, 2.24) is 0 Å². The van der Waals surface area contributed by atoms with E-state index in [4.69, 9.17) is 4.74 Å². The van der Waals surface area contributed by atoms with Crippen molar-refractivity contribution in [3.8, 4) is 0 Å². The third kappa shape index (κ3) is 2.84. The first-order valence-corrected chi connectivity index (χ1v) is 9.64. The number of hydrogen-bond donors (Lipinski definition) is 0. The zero-order valence-electron chi connectivity index (χ0n) is 15.8. The molecule has 3 heteroatoms. The predicted octanol–water partition coefficient (Wildman–Crippen LogP) is 4.55. The normalized spacial score (nSPS) is 43.3. The second-order valence-electron chi connectivity index (χ2n) is 8.84. The first kappa shape index (κ1) is 17.7. The summed E-state index contributed by atoms with van der Waals surface area (Å²) in [5.41, 5.74) is 1.47. The molecule has 5 unspecified atom stereocenters. The summed E-state index contributed by atoms with van der Waals surface area (Å²) in [6.07, 6.45) is 7.05. The van der Waals surface area contributed by atoms with Gasteiger partial charge in [-0.15, -0.1) is 0 Å². The van der Waals surface area contributed by atoms with E-state index in [9.17, 15) is 9.59 Å². The number of esters is 1. The highest BCUT2D eigenvalue weighted by Gasteiger charge is 2.53. The van der Waals surface area contributed by atoms with Crippen molar-refractivity contribution in [1.29, 1.82) is 0 Å². The van der Waals surface area contributed by atoms with E-state index in [-0.39, 0.29) is 17.5 Å². The van der Waals surface area contributed by atoms with Crippen molar-refractivity contribution in [2.45, 2.75) is 72.8 Å². The largest absolute Gasteiger partial charge is 0.462 e. The molecule has 7 atom stereocenters. The first-order valence-electron chi connectivity index (χ1n) is 9.64. The van der Waals surface area contributed by atoms with Crippen LogP contribution >= 0.6 is 0 Å². The van der Waals surface area contributed by atoms with Gasteiger partial charge in [0.25, 0.3) is 0 Å². The van der Waals surface area contributed by atoms with Crippen LogP contribution in [-0.2, 0) is 14.3 Å². The molecule has 0 heterocycles. The molecule has 134 valence electrons. The highest BCUT2D eigenvalue weighted by Crippen LogP contribution is 2.59. The third-order valence-corrected chi connectivity index (χ3v) is 7.66. The monoisotopic (exact) mass is 332 g/mol. The summed E-state index contributed by atoms with van der Waals surface area (Å²) in [6.45, 7) is 10.6. The Balaban J connectivity index is 1.86. The van der Waals surface area contributed by atoms with E-state index in [0.29, 0.717) is 35.4 Å². The van der Waals surface area contributed by atoms with Gasteiger partial charge in [-0.05, 0) is 68.3 Å². The van der Waals surface area contributed by atoms with Crippen molar-refractivity contribution in [3.63, 3.8) is 0 Å². The minimum atomic E-state index is -0.175. The van der Waals surface area contributed by atoms with E-state index < -0.39 is 0 Å². The fourth-order valence-electron chi connectivity index (χ4n) is 6.13. The number of carbonyl (C=O) groups is 2. The molecule has 0 aromatic rings. The van der Waals surface area contributed by atoms with Crippen LogP contribution in [0, 0.1) is 35.0 Å². The van der Waals surface area contributed by atoms with Crippen molar-refractivity contribution < 1.29 is 14.3 Å². The van der Waals surface area contributed by atoms with Gasteiger partial charge in [-0.25, -0.2) is 0 Å². The Hall–Kier alpha value is -1.12. The van der Waals surface area contributed by atoms with Gasteiger partial charge in [0.1, 0.15) is 6.10 Å². The molecule has 3 nitrogen and oxygen atoms in total. The quantitative estimate of drug-likeness (QED) is 0.697. The van der Waals surface area contributed by atoms with Crippen LogP contribution in [0.2, 0.25) is 0 Å². The van der Waals surface area contributed by atoms with Crippen molar-refractivity contribution >= 4 is 11.8 Å². The predicted molar refractivity (Wildman–Crippen MR) is 94.3 cm³/mol. The van der Waals surface area contributed by atoms with Gasteiger partial charge in [0.05, 0.1) is 0 Å². The molecule has 2 saturated carbocycles. The molecule has 0 amide bonds. The molecule has 0 N–H and O–H groups in total. The van der Waals surface area contributed by atoms with Crippen molar-refractivity contribution in [2.75, 3.05) is 0 Å². The molecule has 0 aromatic carbocycles. The van der Waals surface area contributed by atoms with E-state index in [0.717, 1.165) is 25.7 Å². The summed E-state index contributed by atoms with van der Waals surface area (Å²) in [4.78, 5) is 23.3. The van der Waals surface area contributed by atoms with Gasteiger partial charge in [-0.1, -0.05) is 26.3 Å². The molecule has 0 saturated heterocycles. The highest BCUT2D eigenvalue weighted by molar-refractivity contribution is 5.91. The Morgan fingerprint density at radius 3 is 2.71 bits per heavy atom. The summed E-state index contributed by atoms with van der Waals surface area (Å²) in [5.74, 6) is 3.25. The lowest BCUT2D eigenvalue weighted by atomic mass is 9.48. The van der Waals surface area contributed by atoms with Gasteiger partial charge in [0, 0.05) is 18.8 Å². The van der Waals surface area contributed by atoms with Crippen molar-refractivity contribution in [2.24, 2.45) is 35.0 Å². The van der Waals surface area contributed by atoms with Crippen LogP contribution < -0.4 is 0 Å². The summed E-state index contributed by atoms with van der Waals surface area (Å²) in [5, 5.41) is 0. The second kappa shape index (κ2) is 6.31. The number of allylic oxidation sites excluding steroid dienone is 2. The number of hydrogen-bond acceptors (Lipinski definition) is 3. The zero-order chi connectivity index (χ0) is 17.6. The molecule has 3 aliphatic rings. The van der Waals surface area contributed by atoms with Crippen LogP contribution in [0.5, 0.6) is 0 Å². The maximum Gasteiger partial charge on any atom is 0.302 e. The lowest BCUT2D eigenvalue weighted by Gasteiger charge is -2.57. The molecule has 0 bridgehead atoms. The maximum atomic E-state index is 11.8. The van der Waals surface area contributed by atoms with E-state index in [2.05, 4.69) is 27.7 Å². The van der Waals surface area contributed by atoms with Crippen LogP contribution in [0.25, 0.3) is 0 Å². The van der Waals surface area contributed by atoms with E-state index in [1.807, 2.05) is 6.08 Å². The minimum Gasteiger partial charge on any atom is -0.462 e. The van der Waals surface area contributed by atoms with Gasteiger partial charge in [0.2, 0.25) is 0 Å². The standard InChI is InChI=1S/C21H32O3/c1-12-10-16-11-17(23)6-7-18(16)19-8-9-21(5,13(2)20(12)19)14(3)24-15(4)22/h11-14,18-20H,6-10H2,1-5H3/t12-,13?,14+,18?,19?,20?,21?/m1/s1. The molecule has 3 rings (SSSR count). The molecule has 2 fully saturated rings. The molecule has 3 aliphatic carbocycles. The van der Waals surface area contributed by atoms with Crippen LogP contribution in [0.1, 0.15) is 66.7 Å². The molecule has 0 aliphatic heterocycles. The zero-order valence-corrected chi connectivity index (χ0v) is 15.8. The maximum absolute atomic E-state index is 11.8. The lowest BCUT2D eigenvalue weighted by Crippen LogP contribution is -2.52. The first-order chi connectivity index (χ1) is 11.2. The third-order valence-electron chi connectivity index (χ3n) is 7.66. The van der Waals surface area contributed by atoms with Crippen LogP contribution in [0.4, 0.5) is 0 Å². The molecular weight excluding hydrogens is 300 g/mol. The average Bonchev–Trinajstić information content (AvgIpc) is 2.49. The summed E-state index contributed by atoms with van der Waals surface area (Å²) in [6, 6.07) is 0. The molecule has 0 spiro atoms. The number of ether oxygens (including phenoxy) is 1. The summed E-state index contributed by atoms with van der Waals surface area (Å²) in [7, 11) is 0. The van der Waals surface area contributed by atoms with E-state index in [1.54, 1.807) is 0 Å². The Labute approximate surface area is 146 Å². The minimum absolute atomic E-state index is 0.0389. The number of carbonyl (C=O) groups excluding carboxylic acids is 2. The Kier molecular flexibility index (Phi) is 4.65. The van der Waals surface area contributed by atoms with Crippen LogP contribution in [0.15, 0.2) is 11.6 Å². The molecular formula is C21H32O3. The smallest absolute Gasteiger partial charge is 0.302 e. The van der Waals surface area contributed by atoms with E-state index >= 15 is 0 Å². The van der Waals surface area contributed by atoms with Crippen LogP contribution in [-0.4, -0.2) is 17.9 Å². The van der Waals surface area contributed by atoms with Gasteiger partial charge >= 0.3 is 5.97 Å². The van der Waals surface area contributed by atoms with Gasteiger partial charge in [0.15, 0.2) is 5.78 Å². The fourth-order valence-corrected chi connectivity index (χ4v) is 6.13. The molecule has 0 radical (unpaired) electrons. The highest BCUT2D eigenvalue weighted by atomic mass is 16.5. The van der Waals surface area contributed by atoms with Gasteiger partial charge in [-0.2, -0.15) is 0 Å². The Morgan fingerprint density at radius 2 is 2.04 bits per heavy atom. The van der Waals surface area contributed by atoms with Crippen molar-refractivity contribution in [3.05, 3.63) is 11.6 Å². The van der Waals surface area contributed by atoms with Gasteiger partial charge < -0.3 is 4.74 Å². The summed E-state index contributed by atoms with van der Waals surface area (Å²) >= 11 is 0. The Bertz CT molecular complexity index is 563. The average molecular weight is 332 g/mol. The van der Waals surface area contributed by atoms with Crippen LogP contribution in [0.3, 0.4) is 0 Å². The Morgan fingerprint density at radius 1 is 1.33 bits per heavy atom.